The maximum Gasteiger partial charge on any atom is 0.264 e. The van der Waals surface area contributed by atoms with Crippen LogP contribution in [-0.4, -0.2) is 40.4 Å². The normalized spacial score (nSPS) is 13.2. The van der Waals surface area contributed by atoms with Gasteiger partial charge in [0, 0.05) is 0 Å². The Morgan fingerprint density at radius 2 is 1.70 bits per heavy atom. The number of carbonyl (C=O) groups is 2. The second-order valence-corrected chi connectivity index (χ2v) is 9.40. The maximum absolute atomic E-state index is 13.7. The third-order valence-electron chi connectivity index (χ3n) is 5.31. The van der Waals surface area contributed by atoms with Gasteiger partial charge in [0.15, 0.2) is 0 Å². The molecule has 33 heavy (non-hydrogen) atoms. The number of para-hydroxylation sites is 4. The van der Waals surface area contributed by atoms with Crippen molar-refractivity contribution in [2.45, 2.75) is 11.8 Å². The standard InChI is InChI=1S/C24H23N3O5S/c1-17-11-13-18(14-12-17)33(30,31)27(21-9-5-6-10-22(21)32-2)16-24(29)26-15-23(28)25-19-7-3-4-8-20(19)26/h3-14H,15-16H2,1-2H3,(H,25,28). The highest BCUT2D eigenvalue weighted by Gasteiger charge is 2.33. The van der Waals surface area contributed by atoms with Gasteiger partial charge >= 0.3 is 0 Å². The van der Waals surface area contributed by atoms with E-state index in [-0.39, 0.29) is 23.0 Å². The topological polar surface area (TPSA) is 96.0 Å². The number of nitrogens with zero attached hydrogens (tertiary/aromatic N) is 2. The lowest BCUT2D eigenvalue weighted by molar-refractivity contribution is -0.121. The highest BCUT2D eigenvalue weighted by Crippen LogP contribution is 2.34. The lowest BCUT2D eigenvalue weighted by atomic mass is 10.2. The number of sulfonamides is 1. The molecule has 3 aromatic rings. The molecule has 0 bridgehead atoms. The minimum Gasteiger partial charge on any atom is -0.495 e. The first-order valence-electron chi connectivity index (χ1n) is 10.2. The summed E-state index contributed by atoms with van der Waals surface area (Å²) >= 11 is 0. The molecule has 0 unspecified atom stereocenters. The minimum absolute atomic E-state index is 0.0450. The summed E-state index contributed by atoms with van der Waals surface area (Å²) < 4.78 is 33.7. The molecule has 0 saturated carbocycles. The number of carbonyl (C=O) groups excluding carboxylic acids is 2. The predicted molar refractivity (Wildman–Crippen MR) is 126 cm³/mol. The summed E-state index contributed by atoms with van der Waals surface area (Å²) in [7, 11) is -2.69. The molecule has 0 radical (unpaired) electrons. The molecule has 1 aliphatic heterocycles. The van der Waals surface area contributed by atoms with Crippen LogP contribution in [0.2, 0.25) is 0 Å². The Hall–Kier alpha value is -3.85. The molecule has 2 amide bonds. The second kappa shape index (κ2) is 8.95. The third-order valence-corrected chi connectivity index (χ3v) is 7.09. The molecule has 3 aromatic carbocycles. The van der Waals surface area contributed by atoms with Gasteiger partial charge in [-0.15, -0.1) is 0 Å². The fourth-order valence-corrected chi connectivity index (χ4v) is 5.06. The van der Waals surface area contributed by atoms with Crippen LogP contribution in [0.4, 0.5) is 17.1 Å². The van der Waals surface area contributed by atoms with Crippen LogP contribution in [-0.2, 0) is 19.6 Å². The lowest BCUT2D eigenvalue weighted by Crippen LogP contribution is -2.48. The maximum atomic E-state index is 13.7. The zero-order chi connectivity index (χ0) is 23.6. The number of hydrogen-bond acceptors (Lipinski definition) is 5. The molecule has 0 fully saturated rings. The molecule has 170 valence electrons. The number of rotatable bonds is 6. The van der Waals surface area contributed by atoms with Crippen molar-refractivity contribution in [3.05, 3.63) is 78.4 Å². The largest absolute Gasteiger partial charge is 0.495 e. The Morgan fingerprint density at radius 1 is 1.03 bits per heavy atom. The number of nitrogens with one attached hydrogen (secondary N) is 1. The van der Waals surface area contributed by atoms with Crippen molar-refractivity contribution in [3.63, 3.8) is 0 Å². The van der Waals surface area contributed by atoms with E-state index in [0.29, 0.717) is 17.1 Å². The molecule has 4 rings (SSSR count). The third kappa shape index (κ3) is 4.40. The number of hydrogen-bond donors (Lipinski definition) is 1. The van der Waals surface area contributed by atoms with Crippen molar-refractivity contribution in [1.82, 2.24) is 0 Å². The summed E-state index contributed by atoms with van der Waals surface area (Å²) in [4.78, 5) is 26.9. The van der Waals surface area contributed by atoms with Crippen LogP contribution in [0, 0.1) is 6.92 Å². The van der Waals surface area contributed by atoms with Gasteiger partial charge in [0.1, 0.15) is 18.8 Å². The average Bonchev–Trinajstić information content (AvgIpc) is 2.82. The zero-order valence-corrected chi connectivity index (χ0v) is 19.0. The molecule has 0 aromatic heterocycles. The highest BCUT2D eigenvalue weighted by molar-refractivity contribution is 7.92. The Morgan fingerprint density at radius 3 is 2.42 bits per heavy atom. The van der Waals surface area contributed by atoms with E-state index >= 15 is 0 Å². The van der Waals surface area contributed by atoms with E-state index in [4.69, 9.17) is 4.74 Å². The van der Waals surface area contributed by atoms with E-state index in [1.54, 1.807) is 60.7 Å². The molecular weight excluding hydrogens is 442 g/mol. The molecule has 1 aliphatic rings. The monoisotopic (exact) mass is 465 g/mol. The van der Waals surface area contributed by atoms with E-state index in [1.165, 1.54) is 24.1 Å². The number of aryl methyl sites for hydroxylation is 1. The van der Waals surface area contributed by atoms with E-state index < -0.39 is 22.5 Å². The van der Waals surface area contributed by atoms with E-state index in [2.05, 4.69) is 5.32 Å². The SMILES string of the molecule is COc1ccccc1N(CC(=O)N1CC(=O)Nc2ccccc21)S(=O)(=O)c1ccc(C)cc1. The van der Waals surface area contributed by atoms with Crippen LogP contribution in [0.1, 0.15) is 5.56 Å². The number of fused-ring (bicyclic) bond motifs is 1. The van der Waals surface area contributed by atoms with Gasteiger partial charge in [-0.05, 0) is 43.3 Å². The number of anilines is 3. The predicted octanol–water partition coefficient (Wildman–Crippen LogP) is 3.18. The van der Waals surface area contributed by atoms with Gasteiger partial charge in [-0.3, -0.25) is 18.8 Å². The number of ether oxygens (including phenoxy) is 1. The van der Waals surface area contributed by atoms with Crippen molar-refractivity contribution < 1.29 is 22.7 Å². The van der Waals surface area contributed by atoms with Gasteiger partial charge in [-0.2, -0.15) is 0 Å². The summed E-state index contributed by atoms with van der Waals surface area (Å²) in [6, 6.07) is 19.9. The van der Waals surface area contributed by atoms with Crippen molar-refractivity contribution in [2.24, 2.45) is 0 Å². The first-order chi connectivity index (χ1) is 15.8. The van der Waals surface area contributed by atoms with Gasteiger partial charge in [0.2, 0.25) is 11.8 Å². The Balaban J connectivity index is 1.77. The van der Waals surface area contributed by atoms with E-state index in [0.717, 1.165) is 9.87 Å². The van der Waals surface area contributed by atoms with Gasteiger partial charge in [-0.1, -0.05) is 42.0 Å². The first kappa shape index (κ1) is 22.3. The van der Waals surface area contributed by atoms with Crippen LogP contribution in [0.3, 0.4) is 0 Å². The first-order valence-corrected chi connectivity index (χ1v) is 11.7. The zero-order valence-electron chi connectivity index (χ0n) is 18.2. The van der Waals surface area contributed by atoms with Gasteiger partial charge in [-0.25, -0.2) is 8.42 Å². The Bertz CT molecular complexity index is 1310. The highest BCUT2D eigenvalue weighted by atomic mass is 32.2. The number of amides is 2. The summed E-state index contributed by atoms with van der Waals surface area (Å²) in [6.45, 7) is 1.13. The average molecular weight is 466 g/mol. The lowest BCUT2D eigenvalue weighted by Gasteiger charge is -2.32. The second-order valence-electron chi connectivity index (χ2n) is 7.54. The van der Waals surface area contributed by atoms with Crippen LogP contribution >= 0.6 is 0 Å². The molecule has 8 nitrogen and oxygen atoms in total. The molecule has 9 heteroatoms. The summed E-state index contributed by atoms with van der Waals surface area (Å²) in [5.74, 6) is -0.594. The Labute approximate surface area is 192 Å². The summed E-state index contributed by atoms with van der Waals surface area (Å²) in [5, 5.41) is 2.72. The van der Waals surface area contributed by atoms with Gasteiger partial charge in [0.05, 0.1) is 29.1 Å². The smallest absolute Gasteiger partial charge is 0.264 e. The van der Waals surface area contributed by atoms with Crippen LogP contribution in [0.25, 0.3) is 0 Å². The molecule has 0 spiro atoms. The minimum atomic E-state index is -4.12. The Kier molecular flexibility index (Phi) is 6.06. The van der Waals surface area contributed by atoms with Crippen LogP contribution < -0.4 is 19.3 Å². The number of methoxy groups -OCH3 is 1. The molecule has 1 heterocycles. The van der Waals surface area contributed by atoms with Gasteiger partial charge in [0.25, 0.3) is 10.0 Å². The van der Waals surface area contributed by atoms with Crippen molar-refractivity contribution in [2.75, 3.05) is 34.7 Å². The molecule has 0 saturated heterocycles. The fourth-order valence-electron chi connectivity index (χ4n) is 3.64. The van der Waals surface area contributed by atoms with Crippen LogP contribution in [0.5, 0.6) is 5.75 Å². The van der Waals surface area contributed by atoms with E-state index in [9.17, 15) is 18.0 Å². The number of benzene rings is 3. The van der Waals surface area contributed by atoms with Crippen molar-refractivity contribution >= 4 is 38.9 Å². The van der Waals surface area contributed by atoms with E-state index in [1.807, 2.05) is 6.92 Å². The summed E-state index contributed by atoms with van der Waals surface area (Å²) in [6.07, 6.45) is 0. The fraction of sp³-hybridized carbons (Fsp3) is 0.167. The summed E-state index contributed by atoms with van der Waals surface area (Å²) in [5.41, 5.74) is 2.13. The van der Waals surface area contributed by atoms with Gasteiger partial charge < -0.3 is 10.1 Å². The van der Waals surface area contributed by atoms with Crippen LogP contribution in [0.15, 0.2) is 77.7 Å². The molecule has 1 N–H and O–H groups in total. The molecular formula is C24H23N3O5S. The molecule has 0 atom stereocenters. The molecule has 0 aliphatic carbocycles. The van der Waals surface area contributed by atoms with Crippen molar-refractivity contribution in [1.29, 1.82) is 0 Å². The quantitative estimate of drug-likeness (QED) is 0.603. The van der Waals surface area contributed by atoms with Crippen molar-refractivity contribution in [3.8, 4) is 5.75 Å².